The van der Waals surface area contributed by atoms with Gasteiger partial charge in [0.15, 0.2) is 0 Å². The molecule has 0 saturated heterocycles. The zero-order chi connectivity index (χ0) is 19.8. The molecule has 140 valence electrons. The van der Waals surface area contributed by atoms with Gasteiger partial charge in [0.1, 0.15) is 4.99 Å². The first kappa shape index (κ1) is 19.5. The molecule has 0 spiro atoms. The molecule has 0 saturated carbocycles. The summed E-state index contributed by atoms with van der Waals surface area (Å²) in [5.41, 5.74) is 1.56. The first-order valence-corrected chi connectivity index (χ1v) is 9.37. The van der Waals surface area contributed by atoms with Crippen molar-refractivity contribution >= 4 is 45.4 Å². The number of hydrogen-bond donors (Lipinski definition) is 2. The van der Waals surface area contributed by atoms with E-state index in [4.69, 9.17) is 23.8 Å². The van der Waals surface area contributed by atoms with Crippen LogP contribution < -0.4 is 10.5 Å². The molecule has 1 aromatic heterocycles. The molecule has 27 heavy (non-hydrogen) atoms. The molecule has 1 heterocycles. The van der Waals surface area contributed by atoms with Gasteiger partial charge in [-0.2, -0.15) is 0 Å². The fraction of sp³-hybridized carbons (Fsp3) is 0.238. The van der Waals surface area contributed by atoms with Crippen molar-refractivity contribution in [3.8, 4) is 0 Å². The summed E-state index contributed by atoms with van der Waals surface area (Å²) in [5.74, 6) is 0. The average molecular weight is 401 g/mol. The number of aliphatic hydroxyl groups is 1. The van der Waals surface area contributed by atoms with Crippen molar-refractivity contribution in [3.05, 3.63) is 75.0 Å². The number of aromatic nitrogens is 1. The van der Waals surface area contributed by atoms with Gasteiger partial charge in [-0.05, 0) is 51.1 Å². The van der Waals surface area contributed by atoms with Crippen LogP contribution in [0.25, 0.3) is 10.9 Å². The molecular formula is C21H21ClN2O2S. The van der Waals surface area contributed by atoms with E-state index >= 15 is 0 Å². The number of fused-ring (bicyclic) bond motifs is 1. The highest BCUT2D eigenvalue weighted by Crippen LogP contribution is 2.29. The molecule has 2 N–H and O–H groups in total. The van der Waals surface area contributed by atoms with Gasteiger partial charge in [0, 0.05) is 32.7 Å². The number of pyridine rings is 1. The third-order valence-corrected chi connectivity index (χ3v) is 4.97. The quantitative estimate of drug-likeness (QED) is 0.628. The molecule has 0 amide bonds. The Labute approximate surface area is 168 Å². The maximum absolute atomic E-state index is 12.9. The van der Waals surface area contributed by atoms with E-state index in [9.17, 15) is 9.90 Å². The summed E-state index contributed by atoms with van der Waals surface area (Å²) in [4.78, 5) is 18.0. The number of hydrogen-bond acceptors (Lipinski definition) is 3. The molecule has 2 aromatic carbocycles. The van der Waals surface area contributed by atoms with Crippen LogP contribution in [-0.4, -0.2) is 20.6 Å². The molecule has 0 atom stereocenters. The molecule has 0 aliphatic heterocycles. The molecule has 0 bridgehead atoms. The van der Waals surface area contributed by atoms with Gasteiger partial charge >= 0.3 is 0 Å². The zero-order valence-electron chi connectivity index (χ0n) is 15.4. The minimum Gasteiger partial charge on any atom is -0.392 e. The van der Waals surface area contributed by atoms with E-state index in [1.165, 1.54) is 0 Å². The van der Waals surface area contributed by atoms with Gasteiger partial charge < -0.3 is 15.0 Å². The third-order valence-electron chi connectivity index (χ3n) is 4.34. The number of rotatable bonds is 3. The minimum absolute atomic E-state index is 0.293. The molecule has 0 aliphatic rings. The van der Waals surface area contributed by atoms with Crippen LogP contribution in [0.1, 0.15) is 31.9 Å². The largest absolute Gasteiger partial charge is 0.392 e. The molecule has 0 aliphatic carbocycles. The lowest BCUT2D eigenvalue weighted by atomic mass is 9.99. The maximum atomic E-state index is 12.9. The van der Waals surface area contributed by atoms with Crippen LogP contribution in [0, 0.1) is 0 Å². The van der Waals surface area contributed by atoms with E-state index in [-0.39, 0.29) is 17.7 Å². The maximum Gasteiger partial charge on any atom is 0.259 e. The van der Waals surface area contributed by atoms with Gasteiger partial charge in [-0.1, -0.05) is 42.0 Å². The molecule has 3 rings (SSSR count). The summed E-state index contributed by atoms with van der Waals surface area (Å²) in [5, 5.41) is 11.3. The average Bonchev–Trinajstić information content (AvgIpc) is 2.60. The molecule has 4 nitrogen and oxygen atoms in total. The Morgan fingerprint density at radius 1 is 1.19 bits per heavy atom. The number of nitrogens with zero attached hydrogens (tertiary/aromatic N) is 1. The number of para-hydroxylation sites is 1. The standard InChI is InChI=1S/C21H21ClN2O2S/c1-21(2,3)24(14-7-5-4-6-8-14)20(27)18-16(12-25)15-11-13(22)9-10-17(15)23-19(18)26/h4-11,25H,12H2,1-3H3,(H,23,26). The van der Waals surface area contributed by atoms with Gasteiger partial charge in [-0.15, -0.1) is 0 Å². The monoisotopic (exact) mass is 400 g/mol. The highest BCUT2D eigenvalue weighted by Gasteiger charge is 2.29. The SMILES string of the molecule is CC(C)(C)N(C(=S)c1c(CO)c2cc(Cl)ccc2[nH]c1=O)c1ccccc1. The summed E-state index contributed by atoms with van der Waals surface area (Å²) >= 11 is 11.9. The molecule has 3 aromatic rings. The lowest BCUT2D eigenvalue weighted by molar-refractivity contribution is 0.283. The smallest absolute Gasteiger partial charge is 0.259 e. The number of nitrogens with one attached hydrogen (secondary N) is 1. The third kappa shape index (κ3) is 3.76. The lowest BCUT2D eigenvalue weighted by Crippen LogP contribution is -2.47. The normalized spacial score (nSPS) is 11.6. The van der Waals surface area contributed by atoms with E-state index in [1.807, 2.05) is 56.0 Å². The van der Waals surface area contributed by atoms with E-state index in [1.54, 1.807) is 18.2 Å². The Kier molecular flexibility index (Phi) is 5.38. The minimum atomic E-state index is -0.374. The van der Waals surface area contributed by atoms with E-state index < -0.39 is 0 Å². The van der Waals surface area contributed by atoms with Crippen LogP contribution in [0.4, 0.5) is 5.69 Å². The Morgan fingerprint density at radius 2 is 1.85 bits per heavy atom. The second-order valence-electron chi connectivity index (χ2n) is 7.30. The molecular weight excluding hydrogens is 380 g/mol. The molecule has 0 radical (unpaired) electrons. The fourth-order valence-electron chi connectivity index (χ4n) is 3.22. The Hall–Kier alpha value is -2.21. The summed E-state index contributed by atoms with van der Waals surface area (Å²) < 4.78 is 0. The highest BCUT2D eigenvalue weighted by atomic mass is 35.5. The number of aliphatic hydroxyl groups excluding tert-OH is 1. The Balaban J connectivity index is 2.28. The van der Waals surface area contributed by atoms with Gasteiger partial charge in [-0.25, -0.2) is 0 Å². The Bertz CT molecular complexity index is 1060. The number of H-pyrrole nitrogens is 1. The summed E-state index contributed by atoms with van der Waals surface area (Å²) in [6, 6.07) is 14.8. The van der Waals surface area contributed by atoms with Crippen LogP contribution in [0.15, 0.2) is 53.3 Å². The van der Waals surface area contributed by atoms with Crippen molar-refractivity contribution in [2.45, 2.75) is 32.9 Å². The highest BCUT2D eigenvalue weighted by molar-refractivity contribution is 7.81. The summed E-state index contributed by atoms with van der Waals surface area (Å²) in [7, 11) is 0. The molecule has 6 heteroatoms. The lowest BCUT2D eigenvalue weighted by Gasteiger charge is -2.38. The number of halogens is 1. The summed E-state index contributed by atoms with van der Waals surface area (Å²) in [6.07, 6.45) is 0. The van der Waals surface area contributed by atoms with Crippen molar-refractivity contribution in [1.82, 2.24) is 4.98 Å². The van der Waals surface area contributed by atoms with Crippen molar-refractivity contribution in [3.63, 3.8) is 0 Å². The van der Waals surface area contributed by atoms with E-state index in [2.05, 4.69) is 4.98 Å². The first-order valence-electron chi connectivity index (χ1n) is 8.59. The van der Waals surface area contributed by atoms with Crippen LogP contribution >= 0.6 is 23.8 Å². The number of thiocarbonyl (C=S) groups is 1. The van der Waals surface area contributed by atoms with Gasteiger partial charge in [0.05, 0.1) is 12.2 Å². The van der Waals surface area contributed by atoms with Crippen molar-refractivity contribution in [2.75, 3.05) is 4.90 Å². The van der Waals surface area contributed by atoms with E-state index in [0.717, 1.165) is 5.69 Å². The fourth-order valence-corrected chi connectivity index (χ4v) is 3.99. The van der Waals surface area contributed by atoms with Crippen molar-refractivity contribution in [2.24, 2.45) is 0 Å². The van der Waals surface area contributed by atoms with Crippen LogP contribution in [-0.2, 0) is 6.61 Å². The topological polar surface area (TPSA) is 56.3 Å². The molecule has 0 unspecified atom stereocenters. The molecule has 0 fully saturated rings. The number of benzene rings is 2. The van der Waals surface area contributed by atoms with E-state index in [0.29, 0.717) is 32.0 Å². The van der Waals surface area contributed by atoms with Crippen LogP contribution in [0.2, 0.25) is 5.02 Å². The first-order chi connectivity index (χ1) is 12.7. The second-order valence-corrected chi connectivity index (χ2v) is 8.13. The van der Waals surface area contributed by atoms with Crippen LogP contribution in [0.3, 0.4) is 0 Å². The number of anilines is 1. The second kappa shape index (κ2) is 7.43. The Morgan fingerprint density at radius 3 is 2.44 bits per heavy atom. The predicted octanol–water partition coefficient (Wildman–Crippen LogP) is 4.65. The summed E-state index contributed by atoms with van der Waals surface area (Å²) in [6.45, 7) is 5.76. The zero-order valence-corrected chi connectivity index (χ0v) is 17.0. The number of aromatic amines is 1. The van der Waals surface area contributed by atoms with Gasteiger partial charge in [0.25, 0.3) is 5.56 Å². The van der Waals surface area contributed by atoms with Gasteiger partial charge in [0.2, 0.25) is 0 Å². The van der Waals surface area contributed by atoms with Crippen molar-refractivity contribution < 1.29 is 5.11 Å². The van der Waals surface area contributed by atoms with Crippen LogP contribution in [0.5, 0.6) is 0 Å². The van der Waals surface area contributed by atoms with Gasteiger partial charge in [-0.3, -0.25) is 4.79 Å². The predicted molar refractivity (Wildman–Crippen MR) is 116 cm³/mol. The van der Waals surface area contributed by atoms with Crippen molar-refractivity contribution in [1.29, 1.82) is 0 Å².